The lowest BCUT2D eigenvalue weighted by Crippen LogP contribution is -2.46. The second-order valence-electron chi connectivity index (χ2n) is 7.31. The molecule has 130 valence electrons. The van der Waals surface area contributed by atoms with Crippen molar-refractivity contribution in [3.8, 4) is 0 Å². The third-order valence-corrected chi connectivity index (χ3v) is 4.09. The average molecular weight is 322 g/mol. The van der Waals surface area contributed by atoms with Gasteiger partial charge in [0, 0.05) is 24.5 Å². The minimum atomic E-state index is -0.455. The number of nitrogens with one attached hydrogen (secondary N) is 3. The van der Waals surface area contributed by atoms with E-state index in [0.29, 0.717) is 6.04 Å². The van der Waals surface area contributed by atoms with Crippen molar-refractivity contribution in [3.63, 3.8) is 0 Å². The summed E-state index contributed by atoms with van der Waals surface area (Å²) in [6.07, 6.45) is 8.47. The number of hydrogen-bond donors (Lipinski definition) is 3. The number of aromatic nitrogens is 2. The van der Waals surface area contributed by atoms with Gasteiger partial charge in [0.05, 0.1) is 6.04 Å². The molecule has 0 spiro atoms. The largest absolute Gasteiger partial charge is 0.444 e. The molecule has 3 N–H and O–H groups in total. The van der Waals surface area contributed by atoms with Crippen molar-refractivity contribution in [2.45, 2.75) is 83.5 Å². The molecule has 6 nitrogen and oxygen atoms in total. The molecule has 1 aliphatic rings. The molecule has 1 aromatic heterocycles. The normalized spacial score (nSPS) is 23.3. The monoisotopic (exact) mass is 322 g/mol. The van der Waals surface area contributed by atoms with Gasteiger partial charge in [-0.3, -0.25) is 0 Å². The topological polar surface area (TPSA) is 79.0 Å². The Morgan fingerprint density at radius 3 is 2.78 bits per heavy atom. The van der Waals surface area contributed by atoms with Crippen molar-refractivity contribution >= 4 is 6.09 Å². The molecule has 0 saturated heterocycles. The van der Waals surface area contributed by atoms with Crippen LogP contribution in [0.15, 0.2) is 12.4 Å². The molecule has 2 rings (SSSR count). The number of alkyl carbamates (subject to hydrolysis) is 1. The Labute approximate surface area is 138 Å². The fraction of sp³-hybridized carbons (Fsp3) is 0.765. The lowest BCUT2D eigenvalue weighted by molar-refractivity contribution is 0.0487. The zero-order chi connectivity index (χ0) is 16.9. The summed E-state index contributed by atoms with van der Waals surface area (Å²) in [4.78, 5) is 19.5. The van der Waals surface area contributed by atoms with Crippen molar-refractivity contribution in [2.24, 2.45) is 0 Å². The van der Waals surface area contributed by atoms with Gasteiger partial charge in [0.2, 0.25) is 0 Å². The van der Waals surface area contributed by atoms with Gasteiger partial charge in [0.15, 0.2) is 0 Å². The van der Waals surface area contributed by atoms with Crippen LogP contribution in [-0.4, -0.2) is 33.7 Å². The quantitative estimate of drug-likeness (QED) is 0.777. The van der Waals surface area contributed by atoms with Gasteiger partial charge < -0.3 is 20.4 Å². The van der Waals surface area contributed by atoms with E-state index in [0.717, 1.165) is 37.9 Å². The lowest BCUT2D eigenvalue weighted by Gasteiger charge is -2.33. The van der Waals surface area contributed by atoms with Crippen molar-refractivity contribution < 1.29 is 9.53 Å². The zero-order valence-electron chi connectivity index (χ0n) is 14.7. The number of amides is 1. The van der Waals surface area contributed by atoms with Crippen LogP contribution < -0.4 is 10.6 Å². The molecule has 0 bridgehead atoms. The van der Waals surface area contributed by atoms with Crippen molar-refractivity contribution in [3.05, 3.63) is 18.2 Å². The maximum atomic E-state index is 11.9. The number of H-pyrrole nitrogens is 1. The summed E-state index contributed by atoms with van der Waals surface area (Å²) in [5, 5.41) is 6.68. The van der Waals surface area contributed by atoms with E-state index in [1.807, 2.05) is 27.0 Å². The minimum Gasteiger partial charge on any atom is -0.444 e. The Hall–Kier alpha value is -1.56. The molecule has 1 aliphatic carbocycles. The van der Waals surface area contributed by atoms with Crippen LogP contribution in [0.2, 0.25) is 0 Å². The summed E-state index contributed by atoms with van der Waals surface area (Å²) in [5.41, 5.74) is -0.455. The highest BCUT2D eigenvalue weighted by molar-refractivity contribution is 5.68. The molecule has 0 aromatic carbocycles. The molecule has 1 fully saturated rings. The van der Waals surface area contributed by atoms with Gasteiger partial charge >= 0.3 is 6.09 Å². The first-order valence-electron chi connectivity index (χ1n) is 8.62. The number of hydrogen-bond acceptors (Lipinski definition) is 4. The van der Waals surface area contributed by atoms with Gasteiger partial charge in [0.1, 0.15) is 11.4 Å². The minimum absolute atomic E-state index is 0.171. The van der Waals surface area contributed by atoms with Crippen LogP contribution in [0.3, 0.4) is 0 Å². The van der Waals surface area contributed by atoms with Crippen molar-refractivity contribution in [1.82, 2.24) is 20.6 Å². The maximum absolute atomic E-state index is 11.9. The molecule has 1 heterocycles. The summed E-state index contributed by atoms with van der Waals surface area (Å²) >= 11 is 0. The van der Waals surface area contributed by atoms with Gasteiger partial charge in [0.25, 0.3) is 0 Å². The molecular formula is C17H30N4O2. The first kappa shape index (κ1) is 17.8. The van der Waals surface area contributed by atoms with Gasteiger partial charge in [-0.25, -0.2) is 9.78 Å². The highest BCUT2D eigenvalue weighted by atomic mass is 16.6. The Balaban J connectivity index is 1.84. The van der Waals surface area contributed by atoms with E-state index >= 15 is 0 Å². The summed E-state index contributed by atoms with van der Waals surface area (Å²) < 4.78 is 5.35. The predicted molar refractivity (Wildman–Crippen MR) is 90.2 cm³/mol. The molecule has 0 aliphatic heterocycles. The fourth-order valence-electron chi connectivity index (χ4n) is 3.09. The van der Waals surface area contributed by atoms with E-state index in [9.17, 15) is 4.79 Å². The molecule has 6 heteroatoms. The number of aromatic amines is 1. The Morgan fingerprint density at radius 1 is 1.43 bits per heavy atom. The highest BCUT2D eigenvalue weighted by Crippen LogP contribution is 2.23. The van der Waals surface area contributed by atoms with Gasteiger partial charge in [-0.2, -0.15) is 0 Å². The summed E-state index contributed by atoms with van der Waals surface area (Å²) in [5.74, 6) is 0.981. The van der Waals surface area contributed by atoms with Crippen LogP contribution in [0.25, 0.3) is 0 Å². The smallest absolute Gasteiger partial charge is 0.407 e. The van der Waals surface area contributed by atoms with E-state index in [2.05, 4.69) is 27.5 Å². The van der Waals surface area contributed by atoms with Gasteiger partial charge in [-0.1, -0.05) is 6.92 Å². The van der Waals surface area contributed by atoms with E-state index in [1.165, 1.54) is 0 Å². The van der Waals surface area contributed by atoms with Crippen molar-refractivity contribution in [2.75, 3.05) is 0 Å². The van der Waals surface area contributed by atoms with Crippen LogP contribution in [0, 0.1) is 0 Å². The van der Waals surface area contributed by atoms with Gasteiger partial charge in [-0.15, -0.1) is 0 Å². The fourth-order valence-corrected chi connectivity index (χ4v) is 3.09. The maximum Gasteiger partial charge on any atom is 0.407 e. The lowest BCUT2D eigenvalue weighted by atomic mass is 9.90. The molecule has 1 aromatic rings. The van der Waals surface area contributed by atoms with Crippen LogP contribution in [0.1, 0.15) is 71.7 Å². The summed E-state index contributed by atoms with van der Waals surface area (Å²) in [6, 6.07) is 0.791. The van der Waals surface area contributed by atoms with Crippen LogP contribution in [-0.2, 0) is 4.74 Å². The number of nitrogens with zero attached hydrogens (tertiary/aromatic N) is 1. The van der Waals surface area contributed by atoms with Crippen molar-refractivity contribution in [1.29, 1.82) is 0 Å². The Bertz CT molecular complexity index is 481. The highest BCUT2D eigenvalue weighted by Gasteiger charge is 2.27. The SMILES string of the molecule is CCC(NC1CCCC(NC(=O)OC(C)(C)C)C1)c1ncc[nH]1. The van der Waals surface area contributed by atoms with Crippen LogP contribution in [0.5, 0.6) is 0 Å². The molecule has 3 atom stereocenters. The zero-order valence-corrected chi connectivity index (χ0v) is 14.7. The van der Waals surface area contributed by atoms with E-state index in [1.54, 1.807) is 6.20 Å². The summed E-state index contributed by atoms with van der Waals surface area (Å²) in [7, 11) is 0. The number of carbonyl (C=O) groups is 1. The third kappa shape index (κ3) is 5.86. The van der Waals surface area contributed by atoms with E-state index in [-0.39, 0.29) is 18.2 Å². The second kappa shape index (κ2) is 7.81. The van der Waals surface area contributed by atoms with Gasteiger partial charge in [-0.05, 0) is 52.9 Å². The first-order chi connectivity index (χ1) is 10.9. The van der Waals surface area contributed by atoms with E-state index in [4.69, 9.17) is 4.74 Å². The van der Waals surface area contributed by atoms with E-state index < -0.39 is 5.60 Å². The molecule has 1 saturated carbocycles. The molecule has 1 amide bonds. The standard InChI is InChI=1S/C17H30N4O2/c1-5-14(15-18-9-10-19-15)20-12-7-6-8-13(11-12)21-16(22)23-17(2,3)4/h9-10,12-14,20H,5-8,11H2,1-4H3,(H,18,19)(H,21,22). The molecular weight excluding hydrogens is 292 g/mol. The number of imidazole rings is 1. The second-order valence-corrected chi connectivity index (χ2v) is 7.31. The van der Waals surface area contributed by atoms with Crippen LogP contribution in [0.4, 0.5) is 4.79 Å². The number of ether oxygens (including phenoxy) is 1. The molecule has 0 radical (unpaired) electrons. The molecule has 23 heavy (non-hydrogen) atoms. The molecule has 3 unspecified atom stereocenters. The average Bonchev–Trinajstić information content (AvgIpc) is 2.97. The Morgan fingerprint density at radius 2 is 2.17 bits per heavy atom. The number of carbonyl (C=O) groups excluding carboxylic acids is 1. The summed E-state index contributed by atoms with van der Waals surface area (Å²) in [6.45, 7) is 7.80. The Kier molecular flexibility index (Phi) is 6.04. The first-order valence-corrected chi connectivity index (χ1v) is 8.62. The van der Waals surface area contributed by atoms with Crippen LogP contribution >= 0.6 is 0 Å². The third-order valence-electron chi connectivity index (χ3n) is 4.09. The predicted octanol–water partition coefficient (Wildman–Crippen LogP) is 3.29. The number of rotatable bonds is 5.